The number of hydrogen-bond donors (Lipinski definition) is 1. The third-order valence-corrected chi connectivity index (χ3v) is 6.28. The summed E-state index contributed by atoms with van der Waals surface area (Å²) < 4.78 is 0. The summed E-state index contributed by atoms with van der Waals surface area (Å²) in [4.78, 5) is 32.6. The van der Waals surface area contributed by atoms with Gasteiger partial charge in [-0.3, -0.25) is 9.59 Å². The highest BCUT2D eigenvalue weighted by molar-refractivity contribution is 5.99. The number of rotatable bonds is 6. The Labute approximate surface area is 176 Å². The molecule has 0 radical (unpaired) electrons. The Morgan fingerprint density at radius 3 is 2.53 bits per heavy atom. The molecule has 2 aliphatic rings. The fourth-order valence-electron chi connectivity index (χ4n) is 4.50. The maximum absolute atomic E-state index is 13.5. The topological polar surface area (TPSA) is 56.4 Å². The number of amides is 1. The van der Waals surface area contributed by atoms with Crippen molar-refractivity contribution in [1.29, 1.82) is 0 Å². The lowest BCUT2D eigenvalue weighted by atomic mass is 10.0. The van der Waals surface area contributed by atoms with Gasteiger partial charge in [0.2, 0.25) is 11.5 Å². The summed E-state index contributed by atoms with van der Waals surface area (Å²) in [5.41, 5.74) is 2.75. The van der Waals surface area contributed by atoms with Crippen LogP contribution >= 0.6 is 0 Å². The first-order chi connectivity index (χ1) is 14.7. The van der Waals surface area contributed by atoms with Crippen LogP contribution in [0.25, 0.3) is 10.9 Å². The number of anilines is 1. The Morgan fingerprint density at radius 1 is 1.03 bits per heavy atom. The molecule has 2 fully saturated rings. The molecule has 1 saturated heterocycles. The lowest BCUT2D eigenvalue weighted by Gasteiger charge is -2.35. The number of pyridine rings is 1. The maximum Gasteiger partial charge on any atom is 0.248 e. The van der Waals surface area contributed by atoms with Gasteiger partial charge in [-0.2, -0.15) is 0 Å². The average molecular weight is 402 g/mol. The van der Waals surface area contributed by atoms with Crippen LogP contribution in [-0.2, 0) is 4.79 Å². The number of aromatic amines is 1. The Balaban J connectivity index is 1.59. The quantitative estimate of drug-likeness (QED) is 0.676. The number of nitrogens with one attached hydrogen (secondary N) is 1. The van der Waals surface area contributed by atoms with Crippen LogP contribution in [0.1, 0.15) is 37.3 Å². The molecule has 5 nitrogen and oxygen atoms in total. The van der Waals surface area contributed by atoms with Crippen LogP contribution in [0, 0.1) is 5.92 Å². The van der Waals surface area contributed by atoms with Crippen molar-refractivity contribution in [2.45, 2.75) is 31.7 Å². The molecule has 0 bridgehead atoms. The minimum atomic E-state index is -0.114. The number of nitrogens with zero attached hydrogens (tertiary/aromatic N) is 2. The summed E-state index contributed by atoms with van der Waals surface area (Å²) in [5.74, 6) is 0.341. The highest BCUT2D eigenvalue weighted by Crippen LogP contribution is 2.38. The van der Waals surface area contributed by atoms with Gasteiger partial charge in [-0.15, -0.1) is 0 Å². The highest BCUT2D eigenvalue weighted by Gasteiger charge is 2.38. The first-order valence-electron chi connectivity index (χ1n) is 10.9. The van der Waals surface area contributed by atoms with E-state index in [1.54, 1.807) is 0 Å². The third-order valence-electron chi connectivity index (χ3n) is 6.28. The molecule has 154 valence electrons. The molecular weight excluding hydrogens is 374 g/mol. The fraction of sp³-hybridized carbons (Fsp3) is 0.360. The molecule has 1 aromatic heterocycles. The first-order valence-corrected chi connectivity index (χ1v) is 10.9. The SMILES string of the molecule is O=C(C1CC1)N(c1ccc2[nH]c(=O)ccc2c1)[C@H](CN1CCCC1)c1ccccc1. The largest absolute Gasteiger partial charge is 0.322 e. The smallest absolute Gasteiger partial charge is 0.248 e. The summed E-state index contributed by atoms with van der Waals surface area (Å²) in [7, 11) is 0. The van der Waals surface area contributed by atoms with E-state index in [-0.39, 0.29) is 23.4 Å². The van der Waals surface area contributed by atoms with Gasteiger partial charge in [-0.25, -0.2) is 0 Å². The van der Waals surface area contributed by atoms with E-state index in [4.69, 9.17) is 0 Å². The van der Waals surface area contributed by atoms with Crippen molar-refractivity contribution < 1.29 is 4.79 Å². The standard InChI is InChI=1S/C25H27N3O2/c29-24-13-10-20-16-21(11-12-22(20)26-24)28(25(30)19-8-9-19)23(17-27-14-4-5-15-27)18-6-2-1-3-7-18/h1-3,6-7,10-13,16,19,23H,4-5,8-9,14-15,17H2,(H,26,29)/t23-/m1/s1. The number of carbonyl (C=O) groups is 1. The van der Waals surface area contributed by atoms with Crippen LogP contribution in [0.2, 0.25) is 0 Å². The zero-order valence-electron chi connectivity index (χ0n) is 17.1. The Hall–Kier alpha value is -2.92. The lowest BCUT2D eigenvalue weighted by Crippen LogP contribution is -2.42. The van der Waals surface area contributed by atoms with Crippen molar-refractivity contribution >= 4 is 22.5 Å². The van der Waals surface area contributed by atoms with E-state index < -0.39 is 0 Å². The molecule has 1 aliphatic carbocycles. The summed E-state index contributed by atoms with van der Waals surface area (Å²) in [6.07, 6.45) is 4.39. The van der Waals surface area contributed by atoms with Gasteiger partial charge in [0.15, 0.2) is 0 Å². The van der Waals surface area contributed by atoms with Gasteiger partial charge in [0.05, 0.1) is 6.04 Å². The molecule has 1 N–H and O–H groups in total. The molecule has 0 spiro atoms. The van der Waals surface area contributed by atoms with E-state index in [9.17, 15) is 9.59 Å². The molecule has 1 saturated carbocycles. The lowest BCUT2D eigenvalue weighted by molar-refractivity contribution is -0.120. The number of benzene rings is 2. The molecule has 0 unspecified atom stereocenters. The Morgan fingerprint density at radius 2 is 1.80 bits per heavy atom. The monoisotopic (exact) mass is 401 g/mol. The van der Waals surface area contributed by atoms with E-state index in [0.29, 0.717) is 0 Å². The molecule has 2 heterocycles. The normalized spacial score (nSPS) is 17.9. The molecule has 3 aromatic rings. The van der Waals surface area contributed by atoms with Gasteiger partial charge >= 0.3 is 0 Å². The molecule has 30 heavy (non-hydrogen) atoms. The molecule has 2 aromatic carbocycles. The zero-order chi connectivity index (χ0) is 20.5. The van der Waals surface area contributed by atoms with Crippen molar-refractivity contribution in [3.63, 3.8) is 0 Å². The Bertz CT molecular complexity index is 1100. The molecule has 5 rings (SSSR count). The van der Waals surface area contributed by atoms with E-state index in [1.165, 1.54) is 24.5 Å². The molecular formula is C25H27N3O2. The van der Waals surface area contributed by atoms with E-state index in [1.807, 2.05) is 35.2 Å². The van der Waals surface area contributed by atoms with Gasteiger partial charge in [-0.1, -0.05) is 30.3 Å². The summed E-state index contributed by atoms with van der Waals surface area (Å²) in [5, 5.41) is 0.939. The Kier molecular flexibility index (Phi) is 5.13. The second-order valence-electron chi connectivity index (χ2n) is 8.51. The number of hydrogen-bond acceptors (Lipinski definition) is 3. The summed E-state index contributed by atoms with van der Waals surface area (Å²) in [6, 6.07) is 19.6. The molecule has 1 amide bonds. The summed E-state index contributed by atoms with van der Waals surface area (Å²) >= 11 is 0. The number of fused-ring (bicyclic) bond motifs is 1. The van der Waals surface area contributed by atoms with Gasteiger partial charge < -0.3 is 14.8 Å². The second-order valence-corrected chi connectivity index (χ2v) is 8.51. The summed E-state index contributed by atoms with van der Waals surface area (Å²) in [6.45, 7) is 3.02. The average Bonchev–Trinajstić information content (AvgIpc) is 3.50. The van der Waals surface area contributed by atoms with E-state index in [2.05, 4.69) is 34.1 Å². The minimum Gasteiger partial charge on any atom is -0.322 e. The molecule has 1 atom stereocenters. The number of carbonyl (C=O) groups excluding carboxylic acids is 1. The van der Waals surface area contributed by atoms with Gasteiger partial charge in [0.25, 0.3) is 0 Å². The van der Waals surface area contributed by atoms with Crippen LogP contribution < -0.4 is 10.5 Å². The van der Waals surface area contributed by atoms with Crippen molar-refractivity contribution in [3.8, 4) is 0 Å². The zero-order valence-corrected chi connectivity index (χ0v) is 17.1. The van der Waals surface area contributed by atoms with Gasteiger partial charge in [-0.05, 0) is 68.6 Å². The number of H-pyrrole nitrogens is 1. The van der Waals surface area contributed by atoms with Crippen LogP contribution in [0.4, 0.5) is 5.69 Å². The van der Waals surface area contributed by atoms with E-state index in [0.717, 1.165) is 49.1 Å². The van der Waals surface area contributed by atoms with Crippen LogP contribution in [-0.4, -0.2) is 35.4 Å². The first kappa shape index (κ1) is 19.1. The fourth-order valence-corrected chi connectivity index (χ4v) is 4.50. The number of aromatic nitrogens is 1. The second kappa shape index (κ2) is 8.07. The highest BCUT2D eigenvalue weighted by atomic mass is 16.2. The maximum atomic E-state index is 13.5. The predicted molar refractivity (Wildman–Crippen MR) is 120 cm³/mol. The number of likely N-dealkylation sites (tertiary alicyclic amines) is 1. The molecule has 5 heteroatoms. The van der Waals surface area contributed by atoms with Crippen LogP contribution in [0.3, 0.4) is 0 Å². The van der Waals surface area contributed by atoms with Gasteiger partial charge in [0, 0.05) is 35.1 Å². The van der Waals surface area contributed by atoms with Gasteiger partial charge in [0.1, 0.15) is 0 Å². The van der Waals surface area contributed by atoms with Crippen molar-refractivity contribution in [3.05, 3.63) is 76.6 Å². The minimum absolute atomic E-state index is 0.0300. The third kappa shape index (κ3) is 3.90. The molecule has 1 aliphatic heterocycles. The van der Waals surface area contributed by atoms with Crippen molar-refractivity contribution in [2.24, 2.45) is 5.92 Å². The van der Waals surface area contributed by atoms with Crippen LogP contribution in [0.15, 0.2) is 65.5 Å². The van der Waals surface area contributed by atoms with Crippen molar-refractivity contribution in [1.82, 2.24) is 9.88 Å². The predicted octanol–water partition coefficient (Wildman–Crippen LogP) is 4.11. The van der Waals surface area contributed by atoms with Crippen molar-refractivity contribution in [2.75, 3.05) is 24.5 Å². The van der Waals surface area contributed by atoms with E-state index >= 15 is 0 Å². The van der Waals surface area contributed by atoms with Crippen LogP contribution in [0.5, 0.6) is 0 Å².